The van der Waals surface area contributed by atoms with Gasteiger partial charge in [-0.05, 0) is 51.1 Å². The van der Waals surface area contributed by atoms with Crippen molar-refractivity contribution in [3.05, 3.63) is 70.0 Å². The highest BCUT2D eigenvalue weighted by Gasteiger charge is 2.58. The minimum atomic E-state index is -0.828. The third-order valence-electron chi connectivity index (χ3n) is 9.31. The van der Waals surface area contributed by atoms with Gasteiger partial charge in [-0.1, -0.05) is 35.0 Å². The maximum atomic E-state index is 13.3. The predicted octanol–water partition coefficient (Wildman–Crippen LogP) is 3.59. The van der Waals surface area contributed by atoms with Gasteiger partial charge < -0.3 is 29.1 Å². The number of ether oxygens (including phenoxy) is 3. The van der Waals surface area contributed by atoms with Gasteiger partial charge in [-0.3, -0.25) is 9.59 Å². The first-order chi connectivity index (χ1) is 19.2. The normalized spacial score (nSPS) is 29.0. The molecule has 0 unspecified atom stereocenters. The molecule has 2 aromatic rings. The van der Waals surface area contributed by atoms with E-state index < -0.39 is 23.4 Å². The zero-order valence-electron chi connectivity index (χ0n) is 23.4. The number of piperidine rings is 1. The van der Waals surface area contributed by atoms with E-state index in [4.69, 9.17) is 19.0 Å². The van der Waals surface area contributed by atoms with Crippen LogP contribution < -0.4 is 4.74 Å². The van der Waals surface area contributed by atoms with E-state index in [1.54, 1.807) is 6.07 Å². The van der Waals surface area contributed by atoms with Crippen LogP contribution >= 0.6 is 0 Å². The molecule has 4 aliphatic rings. The number of esters is 1. The monoisotopic (exact) mass is 546 g/mol. The molecule has 0 radical (unpaired) electrons. The Morgan fingerprint density at radius 3 is 2.70 bits per heavy atom. The maximum absolute atomic E-state index is 13.3. The number of carbonyl (C=O) groups excluding carboxylic acids is 2. The van der Waals surface area contributed by atoms with Crippen molar-refractivity contribution >= 4 is 17.5 Å². The fourth-order valence-electron chi connectivity index (χ4n) is 7.39. The van der Waals surface area contributed by atoms with E-state index in [-0.39, 0.29) is 35.7 Å². The van der Waals surface area contributed by atoms with E-state index in [0.717, 1.165) is 23.2 Å². The van der Waals surface area contributed by atoms with Gasteiger partial charge in [0.15, 0.2) is 29.1 Å². The molecule has 0 aromatic heterocycles. The minimum absolute atomic E-state index is 0.0313. The molecule has 9 nitrogen and oxygen atoms in total. The number of hydrogen-bond acceptors (Lipinski definition) is 9. The lowest BCUT2D eigenvalue weighted by molar-refractivity contribution is -0.146. The molecule has 1 fully saturated rings. The second-order valence-corrected chi connectivity index (χ2v) is 11.3. The van der Waals surface area contributed by atoms with Crippen molar-refractivity contribution in [1.29, 1.82) is 0 Å². The van der Waals surface area contributed by atoms with Gasteiger partial charge in [0.2, 0.25) is 0 Å². The quantitative estimate of drug-likeness (QED) is 0.567. The van der Waals surface area contributed by atoms with Crippen LogP contribution in [0.4, 0.5) is 0 Å². The summed E-state index contributed by atoms with van der Waals surface area (Å²) >= 11 is 0. The van der Waals surface area contributed by atoms with Crippen LogP contribution in [0, 0.1) is 18.8 Å². The van der Waals surface area contributed by atoms with E-state index in [9.17, 15) is 14.7 Å². The molecule has 9 heteroatoms. The average molecular weight is 547 g/mol. The molecule has 6 rings (SSSR count). The molecule has 2 aromatic carbocycles. The van der Waals surface area contributed by atoms with E-state index in [0.29, 0.717) is 35.4 Å². The summed E-state index contributed by atoms with van der Waals surface area (Å²) in [7, 11) is 6.46. The van der Waals surface area contributed by atoms with Crippen LogP contribution in [-0.2, 0) is 35.7 Å². The number of aromatic hydroxyl groups is 1. The van der Waals surface area contributed by atoms with Crippen LogP contribution in [0.2, 0.25) is 0 Å². The molecule has 1 saturated heterocycles. The first kappa shape index (κ1) is 26.4. The van der Waals surface area contributed by atoms with Crippen LogP contribution in [0.5, 0.6) is 11.5 Å². The number of allylic oxidation sites excluding steroid dienone is 1. The number of Topliss-reactive ketones (excluding diaryl/α,β-unsaturated/α-hetero) is 1. The van der Waals surface area contributed by atoms with E-state index >= 15 is 0 Å². The second-order valence-electron chi connectivity index (χ2n) is 11.3. The minimum Gasteiger partial charge on any atom is -0.504 e. The summed E-state index contributed by atoms with van der Waals surface area (Å²) in [6.07, 6.45) is 2.62. The van der Waals surface area contributed by atoms with Crippen molar-refractivity contribution in [2.45, 2.75) is 43.7 Å². The second kappa shape index (κ2) is 9.66. The summed E-state index contributed by atoms with van der Waals surface area (Å²) in [5, 5.41) is 16.0. The Bertz CT molecular complexity index is 1460. The van der Waals surface area contributed by atoms with Crippen molar-refractivity contribution in [1.82, 2.24) is 4.90 Å². The predicted molar refractivity (Wildman–Crippen MR) is 146 cm³/mol. The number of likely N-dealkylation sites (N-methyl/N-ethyl adjacent to an activating group) is 1. The number of aryl methyl sites for hydroxylation is 1. The van der Waals surface area contributed by atoms with Crippen molar-refractivity contribution < 1.29 is 33.7 Å². The number of methoxy groups -OCH3 is 3. The molecule has 210 valence electrons. The Morgan fingerprint density at radius 1 is 1.20 bits per heavy atom. The van der Waals surface area contributed by atoms with Gasteiger partial charge in [0, 0.05) is 40.5 Å². The summed E-state index contributed by atoms with van der Waals surface area (Å²) in [6.45, 7) is 2.76. The number of likely N-dealkylation sites (tertiary alicyclic amines) is 1. The summed E-state index contributed by atoms with van der Waals surface area (Å²) < 4.78 is 16.4. The molecule has 1 N–H and O–H groups in total. The zero-order valence-corrected chi connectivity index (χ0v) is 23.4. The van der Waals surface area contributed by atoms with Gasteiger partial charge in [-0.15, -0.1) is 0 Å². The third-order valence-corrected chi connectivity index (χ3v) is 9.31. The van der Waals surface area contributed by atoms with Gasteiger partial charge in [0.1, 0.15) is 11.6 Å². The van der Waals surface area contributed by atoms with Gasteiger partial charge in [0.05, 0.1) is 21.3 Å². The van der Waals surface area contributed by atoms with E-state index in [2.05, 4.69) is 17.1 Å². The number of oxime groups is 1. The zero-order chi connectivity index (χ0) is 28.3. The van der Waals surface area contributed by atoms with Crippen LogP contribution in [0.25, 0.3) is 0 Å². The Balaban J connectivity index is 1.55. The first-order valence-corrected chi connectivity index (χ1v) is 13.5. The smallest absolute Gasteiger partial charge is 0.319 e. The molecular formula is C31H34N2O7. The number of benzene rings is 2. The van der Waals surface area contributed by atoms with Gasteiger partial charge in [-0.25, -0.2) is 0 Å². The molecule has 2 heterocycles. The Labute approximate surface area is 233 Å². The van der Waals surface area contributed by atoms with E-state index in [1.807, 2.05) is 37.3 Å². The highest BCUT2D eigenvalue weighted by atomic mass is 16.6. The van der Waals surface area contributed by atoms with Gasteiger partial charge >= 0.3 is 5.97 Å². The lowest BCUT2D eigenvalue weighted by Crippen LogP contribution is -2.60. The number of ketones is 1. The summed E-state index contributed by atoms with van der Waals surface area (Å²) in [5.74, 6) is -0.758. The van der Waals surface area contributed by atoms with Crippen molar-refractivity contribution in [3.8, 4) is 11.5 Å². The maximum Gasteiger partial charge on any atom is 0.319 e. The van der Waals surface area contributed by atoms with Crippen molar-refractivity contribution in [2.24, 2.45) is 17.0 Å². The summed E-state index contributed by atoms with van der Waals surface area (Å²) in [6, 6.07) is 9.56. The molecule has 0 spiro atoms. The highest BCUT2D eigenvalue weighted by Crippen LogP contribution is 2.59. The number of nitrogens with zero attached hydrogens (tertiary/aromatic N) is 2. The van der Waals surface area contributed by atoms with Crippen LogP contribution in [0.1, 0.15) is 46.8 Å². The average Bonchev–Trinajstić information content (AvgIpc) is 3.39. The SMILES string of the molecule is COC(=O)[C@H]1C(c2cccc(C)c2)=NO[C@@H]1c1cc(OC)c(O)c2c1C[C@H]1[C@H]3C=C(OC)C(=O)C[C@@]23CCN1C. The number of phenols is 1. The summed E-state index contributed by atoms with van der Waals surface area (Å²) in [5.41, 5.74) is 3.94. The molecule has 2 aliphatic carbocycles. The fourth-order valence-corrected chi connectivity index (χ4v) is 7.39. The molecular weight excluding hydrogens is 512 g/mol. The number of phenolic OH excluding ortho intramolecular Hbond substituents is 1. The number of fused-ring (bicyclic) bond motifs is 1. The number of carbonyl (C=O) groups is 2. The van der Waals surface area contributed by atoms with Crippen LogP contribution in [0.15, 0.2) is 47.3 Å². The molecule has 40 heavy (non-hydrogen) atoms. The van der Waals surface area contributed by atoms with Gasteiger partial charge in [-0.2, -0.15) is 0 Å². The lowest BCUT2D eigenvalue weighted by atomic mass is 9.53. The number of rotatable bonds is 5. The Kier molecular flexibility index (Phi) is 6.37. The fraction of sp³-hybridized carbons (Fsp3) is 0.452. The summed E-state index contributed by atoms with van der Waals surface area (Å²) in [4.78, 5) is 34.9. The van der Waals surface area contributed by atoms with Crippen molar-refractivity contribution in [2.75, 3.05) is 34.9 Å². The standard InChI is InChI=1S/C31H34N2O7/c1-16-7-6-8-17(11-16)27-25(30(36)39-5)29(40-32-27)19-13-24(38-4)28(35)26-18(19)12-21-20-14-23(37-3)22(34)15-31(20,26)9-10-33(21)2/h6-8,11,13-14,20-21,25,29,35H,9-10,12,15H2,1-5H3/t20-,21+,25+,29-,31-/m1/s1. The van der Waals surface area contributed by atoms with Crippen LogP contribution in [-0.4, -0.2) is 68.4 Å². The molecule has 0 amide bonds. The molecule has 2 bridgehead atoms. The Hall–Kier alpha value is -3.85. The lowest BCUT2D eigenvalue weighted by Gasteiger charge is -2.57. The molecule has 2 aliphatic heterocycles. The van der Waals surface area contributed by atoms with Gasteiger partial charge in [0.25, 0.3) is 0 Å². The van der Waals surface area contributed by atoms with E-state index in [1.165, 1.54) is 21.3 Å². The van der Waals surface area contributed by atoms with Crippen molar-refractivity contribution in [3.63, 3.8) is 0 Å². The van der Waals surface area contributed by atoms with Crippen LogP contribution in [0.3, 0.4) is 0 Å². The topological polar surface area (TPSA) is 107 Å². The highest BCUT2D eigenvalue weighted by molar-refractivity contribution is 6.13. The number of hydrogen-bond donors (Lipinski definition) is 1. The molecule has 5 atom stereocenters. The largest absolute Gasteiger partial charge is 0.504 e. The Morgan fingerprint density at radius 2 is 2.00 bits per heavy atom. The third kappa shape index (κ3) is 3.74. The molecule has 0 saturated carbocycles. The first-order valence-electron chi connectivity index (χ1n) is 13.5.